The summed E-state index contributed by atoms with van der Waals surface area (Å²) in [6.07, 6.45) is 1.85. The van der Waals surface area contributed by atoms with E-state index in [0.717, 1.165) is 0 Å². The van der Waals surface area contributed by atoms with Crippen LogP contribution >= 0.6 is 0 Å². The molecule has 14 heavy (non-hydrogen) atoms. The van der Waals surface area contributed by atoms with Gasteiger partial charge < -0.3 is 18.7 Å². The van der Waals surface area contributed by atoms with E-state index in [2.05, 4.69) is 4.98 Å². The Morgan fingerprint density at radius 2 is 2.14 bits per heavy atom. The lowest BCUT2D eigenvalue weighted by Crippen LogP contribution is -2.21. The van der Waals surface area contributed by atoms with Gasteiger partial charge in [0.2, 0.25) is 0 Å². The zero-order valence-corrected chi connectivity index (χ0v) is 7.75. The summed E-state index contributed by atoms with van der Waals surface area (Å²) in [5, 5.41) is 0. The molecular formula is C8H11BF3N2-. The van der Waals surface area contributed by atoms with Gasteiger partial charge in [-0.3, -0.25) is 4.98 Å². The maximum Gasteiger partial charge on any atom is 0.482 e. The van der Waals surface area contributed by atoms with E-state index in [-0.39, 0.29) is 5.56 Å². The number of nitrogens with two attached hydrogens (primary N) is 1. The van der Waals surface area contributed by atoms with Gasteiger partial charge in [-0.2, -0.15) is 0 Å². The average Bonchev–Trinajstić information content (AvgIpc) is 2.01. The van der Waals surface area contributed by atoms with Gasteiger partial charge in [-0.05, 0) is 18.6 Å². The van der Waals surface area contributed by atoms with E-state index in [1.54, 1.807) is 6.92 Å². The molecule has 0 amide bonds. The minimum atomic E-state index is -4.81. The third kappa shape index (κ3) is 3.03. The molecule has 0 aliphatic heterocycles. The molecule has 2 N–H and O–H groups in total. The summed E-state index contributed by atoms with van der Waals surface area (Å²) >= 11 is 0. The summed E-state index contributed by atoms with van der Waals surface area (Å²) in [7, 11) is 0. The lowest BCUT2D eigenvalue weighted by Gasteiger charge is -2.17. The van der Waals surface area contributed by atoms with Gasteiger partial charge in [-0.25, -0.2) is 0 Å². The summed E-state index contributed by atoms with van der Waals surface area (Å²) in [5.74, 6) is 0. The first-order valence-electron chi connectivity index (χ1n) is 4.29. The number of rotatable bonds is 3. The Morgan fingerprint density at radius 3 is 2.64 bits per heavy atom. The number of nitrogens with zero attached hydrogens (tertiary/aromatic N) is 1. The summed E-state index contributed by atoms with van der Waals surface area (Å²) in [6.45, 7) is -3.17. The van der Waals surface area contributed by atoms with Crippen LogP contribution in [0.25, 0.3) is 0 Å². The minimum absolute atomic E-state index is 0.225. The summed E-state index contributed by atoms with van der Waals surface area (Å²) in [6, 6.07) is 0.949. The highest BCUT2D eigenvalue weighted by Crippen LogP contribution is 2.21. The van der Waals surface area contributed by atoms with E-state index in [9.17, 15) is 12.9 Å². The van der Waals surface area contributed by atoms with Crippen molar-refractivity contribution in [2.75, 3.05) is 0 Å². The van der Waals surface area contributed by atoms with Gasteiger partial charge in [0.05, 0.1) is 0 Å². The van der Waals surface area contributed by atoms with Gasteiger partial charge in [0.1, 0.15) is 0 Å². The van der Waals surface area contributed by atoms with Gasteiger partial charge in [-0.1, -0.05) is 11.9 Å². The molecule has 1 unspecified atom stereocenters. The molecule has 0 spiro atoms. The van der Waals surface area contributed by atoms with Crippen molar-refractivity contribution in [3.05, 3.63) is 29.6 Å². The lowest BCUT2D eigenvalue weighted by molar-refractivity contribution is 0.467. The maximum absolute atomic E-state index is 12.2. The third-order valence-electron chi connectivity index (χ3n) is 1.89. The highest BCUT2D eigenvalue weighted by molar-refractivity contribution is 6.57. The van der Waals surface area contributed by atoms with Gasteiger partial charge in [0, 0.05) is 18.4 Å². The van der Waals surface area contributed by atoms with Crippen LogP contribution in [0, 0.1) is 0 Å². The van der Waals surface area contributed by atoms with E-state index < -0.39 is 19.3 Å². The van der Waals surface area contributed by atoms with Crippen molar-refractivity contribution in [3.8, 4) is 0 Å². The SMILES string of the molecule is CC(N)c1cnccc1C[B-](F)(F)F. The van der Waals surface area contributed by atoms with Crippen LogP contribution in [0.2, 0.25) is 0 Å². The molecule has 0 aliphatic rings. The standard InChI is InChI=1S/C8H11BF3N2/c1-6(13)8-5-14-3-2-7(8)4-9(10,11)12/h2-3,5-6H,4,13H2,1H3/q-1. The number of pyridine rings is 1. The van der Waals surface area contributed by atoms with Crippen molar-refractivity contribution < 1.29 is 12.9 Å². The smallest absolute Gasteiger partial charge is 0.449 e. The van der Waals surface area contributed by atoms with Gasteiger partial charge in [0.15, 0.2) is 0 Å². The molecule has 1 aromatic rings. The topological polar surface area (TPSA) is 38.9 Å². The maximum atomic E-state index is 12.2. The average molecular weight is 203 g/mol. The van der Waals surface area contributed by atoms with E-state index in [0.29, 0.717) is 5.56 Å². The largest absolute Gasteiger partial charge is 0.482 e. The molecule has 0 aliphatic carbocycles. The molecule has 1 heterocycles. The van der Waals surface area contributed by atoms with Gasteiger partial charge >= 0.3 is 6.98 Å². The minimum Gasteiger partial charge on any atom is -0.449 e. The van der Waals surface area contributed by atoms with Crippen LogP contribution in [0.3, 0.4) is 0 Å². The highest BCUT2D eigenvalue weighted by atomic mass is 19.4. The molecule has 0 aromatic carbocycles. The van der Waals surface area contributed by atoms with Crippen molar-refractivity contribution in [1.29, 1.82) is 0 Å². The summed E-state index contributed by atoms with van der Waals surface area (Å²) in [5.41, 5.74) is 6.22. The first-order valence-corrected chi connectivity index (χ1v) is 4.29. The molecule has 0 bridgehead atoms. The zero-order chi connectivity index (χ0) is 10.8. The monoisotopic (exact) mass is 203 g/mol. The Hall–Kier alpha value is -1.04. The van der Waals surface area contributed by atoms with Crippen LogP contribution in [0.1, 0.15) is 24.1 Å². The highest BCUT2D eigenvalue weighted by Gasteiger charge is 2.24. The Bertz CT molecular complexity index is 312. The molecular weight excluding hydrogens is 192 g/mol. The fraction of sp³-hybridized carbons (Fsp3) is 0.375. The molecule has 0 saturated carbocycles. The first-order chi connectivity index (χ1) is 6.40. The van der Waals surface area contributed by atoms with Crippen molar-refractivity contribution in [2.45, 2.75) is 19.3 Å². The van der Waals surface area contributed by atoms with Crippen LogP contribution in [-0.2, 0) is 6.32 Å². The Balaban J connectivity index is 2.96. The van der Waals surface area contributed by atoms with Crippen LogP contribution in [0.4, 0.5) is 12.9 Å². The number of hydrogen-bond donors (Lipinski definition) is 1. The lowest BCUT2D eigenvalue weighted by atomic mass is 9.80. The van der Waals surface area contributed by atoms with Crippen LogP contribution in [-0.4, -0.2) is 12.0 Å². The quantitative estimate of drug-likeness (QED) is 0.763. The van der Waals surface area contributed by atoms with Crippen molar-refractivity contribution in [1.82, 2.24) is 4.98 Å². The molecule has 78 valence electrons. The van der Waals surface area contributed by atoms with E-state index in [4.69, 9.17) is 5.73 Å². The van der Waals surface area contributed by atoms with Crippen molar-refractivity contribution in [3.63, 3.8) is 0 Å². The second kappa shape index (κ2) is 4.00. The number of aromatic nitrogens is 1. The number of halogens is 3. The molecule has 2 nitrogen and oxygen atoms in total. The molecule has 0 radical (unpaired) electrons. The van der Waals surface area contributed by atoms with Gasteiger partial charge in [0.25, 0.3) is 0 Å². The molecule has 1 atom stereocenters. The third-order valence-corrected chi connectivity index (χ3v) is 1.89. The number of hydrogen-bond acceptors (Lipinski definition) is 2. The predicted octanol–water partition coefficient (Wildman–Crippen LogP) is 2.03. The van der Waals surface area contributed by atoms with Crippen LogP contribution in [0.15, 0.2) is 18.5 Å². The molecule has 1 rings (SSSR count). The fourth-order valence-corrected chi connectivity index (χ4v) is 1.28. The Kier molecular flexibility index (Phi) is 3.15. The fourth-order valence-electron chi connectivity index (χ4n) is 1.28. The summed E-state index contributed by atoms with van der Waals surface area (Å²) in [4.78, 5) is 3.76. The van der Waals surface area contributed by atoms with E-state index in [1.807, 2.05) is 0 Å². The Labute approximate surface area is 80.4 Å². The van der Waals surface area contributed by atoms with E-state index >= 15 is 0 Å². The predicted molar refractivity (Wildman–Crippen MR) is 49.6 cm³/mol. The Morgan fingerprint density at radius 1 is 1.50 bits per heavy atom. The first kappa shape index (κ1) is 11.0. The second-order valence-electron chi connectivity index (χ2n) is 3.28. The van der Waals surface area contributed by atoms with Gasteiger partial charge in [-0.15, -0.1) is 0 Å². The van der Waals surface area contributed by atoms with Crippen LogP contribution in [0.5, 0.6) is 0 Å². The molecule has 6 heteroatoms. The van der Waals surface area contributed by atoms with E-state index in [1.165, 1.54) is 18.5 Å². The molecule has 0 saturated heterocycles. The molecule has 1 aromatic heterocycles. The van der Waals surface area contributed by atoms with Crippen LogP contribution < -0.4 is 5.73 Å². The zero-order valence-electron chi connectivity index (χ0n) is 7.75. The van der Waals surface area contributed by atoms with Crippen molar-refractivity contribution >= 4 is 6.98 Å². The second-order valence-corrected chi connectivity index (χ2v) is 3.28. The normalized spacial score (nSPS) is 14.1. The van der Waals surface area contributed by atoms with Crippen molar-refractivity contribution in [2.24, 2.45) is 5.73 Å². The summed E-state index contributed by atoms with van der Waals surface area (Å²) < 4.78 is 36.6. The molecule has 0 fully saturated rings.